The van der Waals surface area contributed by atoms with Gasteiger partial charge in [-0.2, -0.15) is 0 Å². The van der Waals surface area contributed by atoms with Crippen molar-refractivity contribution in [1.29, 1.82) is 0 Å². The number of halogens is 2. The van der Waals surface area contributed by atoms with Crippen molar-refractivity contribution in [3.63, 3.8) is 0 Å². The van der Waals surface area contributed by atoms with E-state index in [2.05, 4.69) is 5.32 Å². The molecule has 1 N–H and O–H groups in total. The van der Waals surface area contributed by atoms with Crippen LogP contribution in [0.4, 0.5) is 8.78 Å². The largest absolute Gasteiger partial charge is 0.340 e. The van der Waals surface area contributed by atoms with Gasteiger partial charge in [0, 0.05) is 38.7 Å². The van der Waals surface area contributed by atoms with Gasteiger partial charge in [0.2, 0.25) is 5.91 Å². The maximum atomic E-state index is 13.6. The molecule has 0 radical (unpaired) electrons. The summed E-state index contributed by atoms with van der Waals surface area (Å²) >= 11 is 0. The molecule has 3 nitrogen and oxygen atoms in total. The summed E-state index contributed by atoms with van der Waals surface area (Å²) in [6.45, 7) is 4.77. The van der Waals surface area contributed by atoms with Gasteiger partial charge in [-0.05, 0) is 17.5 Å². The molecule has 0 bridgehead atoms. The zero-order valence-corrected chi connectivity index (χ0v) is 11.0. The van der Waals surface area contributed by atoms with Crippen LogP contribution in [0.5, 0.6) is 0 Å². The van der Waals surface area contributed by atoms with Crippen LogP contribution in [0, 0.1) is 11.6 Å². The number of carbonyl (C=O) groups is 1. The summed E-state index contributed by atoms with van der Waals surface area (Å²) in [6.07, 6.45) is 0.253. The van der Waals surface area contributed by atoms with E-state index in [0.717, 1.165) is 19.2 Å². The van der Waals surface area contributed by atoms with Crippen LogP contribution < -0.4 is 5.32 Å². The topological polar surface area (TPSA) is 32.3 Å². The van der Waals surface area contributed by atoms with Gasteiger partial charge in [0.1, 0.15) is 11.6 Å². The van der Waals surface area contributed by atoms with E-state index in [9.17, 15) is 13.6 Å². The van der Waals surface area contributed by atoms with Crippen molar-refractivity contribution in [2.45, 2.75) is 19.3 Å². The highest BCUT2D eigenvalue weighted by Crippen LogP contribution is 2.23. The van der Waals surface area contributed by atoms with Crippen molar-refractivity contribution < 1.29 is 13.6 Å². The average Bonchev–Trinajstić information content (AvgIpc) is 2.39. The van der Waals surface area contributed by atoms with Gasteiger partial charge in [0.25, 0.3) is 0 Å². The highest BCUT2D eigenvalue weighted by atomic mass is 19.1. The number of piperazine rings is 1. The second-order valence-corrected chi connectivity index (χ2v) is 4.90. The molecule has 1 aromatic rings. The lowest BCUT2D eigenvalue weighted by Gasteiger charge is -2.28. The fourth-order valence-corrected chi connectivity index (χ4v) is 2.32. The number of hydrogen-bond acceptors (Lipinski definition) is 2. The van der Waals surface area contributed by atoms with Crippen LogP contribution in [-0.2, 0) is 4.79 Å². The number of nitrogens with one attached hydrogen (secondary N) is 1. The Morgan fingerprint density at radius 3 is 2.68 bits per heavy atom. The SMILES string of the molecule is CC(CC(=O)N1CCNCC1)c1ccc(F)cc1F. The van der Waals surface area contributed by atoms with E-state index in [1.807, 2.05) is 0 Å². The van der Waals surface area contributed by atoms with Crippen LogP contribution in [0.25, 0.3) is 0 Å². The van der Waals surface area contributed by atoms with Crippen LogP contribution in [0.2, 0.25) is 0 Å². The molecular formula is C14H18F2N2O. The standard InChI is InChI=1S/C14H18F2N2O/c1-10(12-3-2-11(15)9-13(12)16)8-14(19)18-6-4-17-5-7-18/h2-3,9-10,17H,4-8H2,1H3. The van der Waals surface area contributed by atoms with Crippen LogP contribution in [0.3, 0.4) is 0 Å². The van der Waals surface area contributed by atoms with E-state index in [1.165, 1.54) is 12.1 Å². The summed E-state index contributed by atoms with van der Waals surface area (Å²) < 4.78 is 26.5. The summed E-state index contributed by atoms with van der Waals surface area (Å²) in [4.78, 5) is 13.8. The molecule has 1 atom stereocenters. The normalized spacial score (nSPS) is 17.3. The maximum Gasteiger partial charge on any atom is 0.223 e. The Morgan fingerprint density at radius 2 is 2.05 bits per heavy atom. The Labute approximate surface area is 111 Å². The van der Waals surface area contributed by atoms with Crippen LogP contribution in [0.1, 0.15) is 24.8 Å². The summed E-state index contributed by atoms with van der Waals surface area (Å²) in [5.74, 6) is -1.40. The molecule has 1 heterocycles. The fourth-order valence-electron chi connectivity index (χ4n) is 2.32. The van der Waals surface area contributed by atoms with Crippen molar-refractivity contribution in [3.05, 3.63) is 35.4 Å². The molecule has 1 saturated heterocycles. The first-order valence-corrected chi connectivity index (χ1v) is 6.51. The van der Waals surface area contributed by atoms with Crippen molar-refractivity contribution in [3.8, 4) is 0 Å². The van der Waals surface area contributed by atoms with Gasteiger partial charge in [-0.15, -0.1) is 0 Å². The van der Waals surface area contributed by atoms with Gasteiger partial charge in [0.15, 0.2) is 0 Å². The lowest BCUT2D eigenvalue weighted by Crippen LogP contribution is -2.46. The summed E-state index contributed by atoms with van der Waals surface area (Å²) in [5, 5.41) is 3.17. The van der Waals surface area contributed by atoms with Crippen LogP contribution in [0.15, 0.2) is 18.2 Å². The number of rotatable bonds is 3. The lowest BCUT2D eigenvalue weighted by molar-refractivity contribution is -0.132. The average molecular weight is 268 g/mol. The van der Waals surface area contributed by atoms with Gasteiger partial charge in [-0.3, -0.25) is 4.79 Å². The number of hydrogen-bond donors (Lipinski definition) is 1. The molecule has 1 aromatic carbocycles. The zero-order chi connectivity index (χ0) is 13.8. The lowest BCUT2D eigenvalue weighted by atomic mass is 9.96. The molecule has 1 amide bonds. The van der Waals surface area contributed by atoms with E-state index < -0.39 is 11.6 Å². The molecule has 1 aliphatic rings. The third kappa shape index (κ3) is 3.50. The molecule has 0 aromatic heterocycles. The number of nitrogens with zero attached hydrogens (tertiary/aromatic N) is 1. The molecule has 5 heteroatoms. The van der Waals surface area contributed by atoms with Crippen molar-refractivity contribution >= 4 is 5.91 Å². The first-order chi connectivity index (χ1) is 9.08. The highest BCUT2D eigenvalue weighted by Gasteiger charge is 2.21. The van der Waals surface area contributed by atoms with E-state index in [1.54, 1.807) is 11.8 Å². The van der Waals surface area contributed by atoms with Crippen molar-refractivity contribution in [2.24, 2.45) is 0 Å². The van der Waals surface area contributed by atoms with Crippen molar-refractivity contribution in [1.82, 2.24) is 10.2 Å². The third-order valence-corrected chi connectivity index (χ3v) is 3.44. The predicted molar refractivity (Wildman–Crippen MR) is 68.8 cm³/mol. The molecule has 0 aliphatic carbocycles. The number of carbonyl (C=O) groups excluding carboxylic acids is 1. The van der Waals surface area contributed by atoms with Crippen LogP contribution in [-0.4, -0.2) is 37.0 Å². The molecule has 0 spiro atoms. The Balaban J connectivity index is 1.99. The molecule has 2 rings (SSSR count). The monoisotopic (exact) mass is 268 g/mol. The van der Waals surface area contributed by atoms with E-state index in [0.29, 0.717) is 18.7 Å². The molecular weight excluding hydrogens is 250 g/mol. The summed E-state index contributed by atoms with van der Waals surface area (Å²) in [5.41, 5.74) is 0.393. The fraction of sp³-hybridized carbons (Fsp3) is 0.500. The minimum atomic E-state index is -0.595. The highest BCUT2D eigenvalue weighted by molar-refractivity contribution is 5.77. The number of benzene rings is 1. The zero-order valence-electron chi connectivity index (χ0n) is 11.0. The van der Waals surface area contributed by atoms with E-state index >= 15 is 0 Å². The molecule has 19 heavy (non-hydrogen) atoms. The van der Waals surface area contributed by atoms with E-state index in [-0.39, 0.29) is 18.2 Å². The molecule has 1 fully saturated rings. The first kappa shape index (κ1) is 13.9. The Kier molecular flexibility index (Phi) is 4.47. The predicted octanol–water partition coefficient (Wildman–Crippen LogP) is 1.89. The maximum absolute atomic E-state index is 13.6. The van der Waals surface area contributed by atoms with Gasteiger partial charge < -0.3 is 10.2 Å². The smallest absolute Gasteiger partial charge is 0.223 e. The molecule has 0 saturated carbocycles. The molecule has 1 unspecified atom stereocenters. The van der Waals surface area contributed by atoms with Gasteiger partial charge in [0.05, 0.1) is 0 Å². The van der Waals surface area contributed by atoms with Crippen molar-refractivity contribution in [2.75, 3.05) is 26.2 Å². The van der Waals surface area contributed by atoms with E-state index in [4.69, 9.17) is 0 Å². The Hall–Kier alpha value is -1.49. The second-order valence-electron chi connectivity index (χ2n) is 4.90. The van der Waals surface area contributed by atoms with Crippen LogP contribution >= 0.6 is 0 Å². The first-order valence-electron chi connectivity index (χ1n) is 6.51. The molecule has 1 aliphatic heterocycles. The Morgan fingerprint density at radius 1 is 1.37 bits per heavy atom. The quantitative estimate of drug-likeness (QED) is 0.908. The summed E-state index contributed by atoms with van der Waals surface area (Å²) in [6, 6.07) is 3.51. The third-order valence-electron chi connectivity index (χ3n) is 3.44. The number of amides is 1. The van der Waals surface area contributed by atoms with Gasteiger partial charge >= 0.3 is 0 Å². The van der Waals surface area contributed by atoms with Gasteiger partial charge in [-0.25, -0.2) is 8.78 Å². The minimum Gasteiger partial charge on any atom is -0.340 e. The summed E-state index contributed by atoms with van der Waals surface area (Å²) in [7, 11) is 0. The second kappa shape index (κ2) is 6.10. The molecule has 104 valence electrons. The minimum absolute atomic E-state index is 0.0257. The Bertz CT molecular complexity index is 459. The van der Waals surface area contributed by atoms with Gasteiger partial charge in [-0.1, -0.05) is 13.0 Å².